The molecule has 0 heteroatoms. The highest BCUT2D eigenvalue weighted by atomic mass is 14.2. The van der Waals surface area contributed by atoms with Gasteiger partial charge < -0.3 is 0 Å². The Morgan fingerprint density at radius 3 is 2.12 bits per heavy atom. The lowest BCUT2D eigenvalue weighted by Crippen LogP contribution is -1.95. The van der Waals surface area contributed by atoms with Crippen LogP contribution in [0.15, 0.2) is 54.6 Å². The van der Waals surface area contributed by atoms with Gasteiger partial charge in [-0.15, -0.1) is 0 Å². The lowest BCUT2D eigenvalue weighted by Gasteiger charge is -2.15. The second-order valence-electron chi connectivity index (χ2n) is 4.93. The molecule has 0 heterocycles. The van der Waals surface area contributed by atoms with Crippen LogP contribution in [0.1, 0.15) is 37.2 Å². The van der Waals surface area contributed by atoms with Crippen LogP contribution in [0.5, 0.6) is 0 Å². The van der Waals surface area contributed by atoms with Gasteiger partial charge in [0.15, 0.2) is 0 Å². The van der Waals surface area contributed by atoms with Crippen molar-refractivity contribution >= 4 is 0 Å². The van der Waals surface area contributed by atoms with Crippen LogP contribution in [0.25, 0.3) is 11.1 Å². The Balaban J connectivity index is 2.04. The quantitative estimate of drug-likeness (QED) is 0.670. The molecule has 0 amide bonds. The van der Waals surface area contributed by atoms with Crippen molar-refractivity contribution in [3.05, 3.63) is 60.2 Å². The third-order valence-electron chi connectivity index (χ3n) is 3.84. The molecule has 86 valence electrons. The Bertz CT molecular complexity index is 478. The third kappa shape index (κ3) is 2.12. The number of hydrogen-bond acceptors (Lipinski definition) is 0. The predicted octanol–water partition coefficient (Wildman–Crippen LogP) is 5.01. The van der Waals surface area contributed by atoms with Gasteiger partial charge in [0.05, 0.1) is 0 Å². The molecule has 1 aliphatic rings. The Labute approximate surface area is 103 Å². The molecule has 0 saturated heterocycles. The zero-order valence-electron chi connectivity index (χ0n) is 10.1. The summed E-state index contributed by atoms with van der Waals surface area (Å²) in [4.78, 5) is 0. The molecular formula is C17H18. The summed E-state index contributed by atoms with van der Waals surface area (Å²) in [5.41, 5.74) is 4.34. The summed E-state index contributed by atoms with van der Waals surface area (Å²) in [5, 5.41) is 0. The van der Waals surface area contributed by atoms with Gasteiger partial charge in [0, 0.05) is 0 Å². The highest BCUT2D eigenvalue weighted by molar-refractivity contribution is 5.68. The van der Waals surface area contributed by atoms with Crippen LogP contribution >= 0.6 is 0 Å². The van der Waals surface area contributed by atoms with Crippen molar-refractivity contribution in [3.8, 4) is 11.1 Å². The second kappa shape index (κ2) is 4.75. The van der Waals surface area contributed by atoms with Gasteiger partial charge >= 0.3 is 0 Å². The molecule has 0 aromatic heterocycles. The molecule has 0 bridgehead atoms. The topological polar surface area (TPSA) is 0 Å². The van der Waals surface area contributed by atoms with Crippen LogP contribution in [0.2, 0.25) is 0 Å². The van der Waals surface area contributed by atoms with Gasteiger partial charge in [-0.05, 0) is 35.4 Å². The summed E-state index contributed by atoms with van der Waals surface area (Å²) in [6.07, 6.45) is 5.52. The Kier molecular flexibility index (Phi) is 2.96. The molecule has 1 saturated carbocycles. The summed E-state index contributed by atoms with van der Waals surface area (Å²) >= 11 is 0. The lowest BCUT2D eigenvalue weighted by molar-refractivity contribution is 0.725. The average molecular weight is 222 g/mol. The Morgan fingerprint density at radius 1 is 0.706 bits per heavy atom. The summed E-state index contributed by atoms with van der Waals surface area (Å²) in [6.45, 7) is 0. The van der Waals surface area contributed by atoms with Gasteiger partial charge in [-0.2, -0.15) is 0 Å². The van der Waals surface area contributed by atoms with E-state index in [4.69, 9.17) is 0 Å². The van der Waals surface area contributed by atoms with Gasteiger partial charge in [-0.1, -0.05) is 67.4 Å². The third-order valence-corrected chi connectivity index (χ3v) is 3.84. The Hall–Kier alpha value is -1.56. The molecule has 0 atom stereocenters. The molecule has 0 nitrogen and oxygen atoms in total. The fourth-order valence-corrected chi connectivity index (χ4v) is 2.97. The fraction of sp³-hybridized carbons (Fsp3) is 0.294. The maximum atomic E-state index is 2.32. The van der Waals surface area contributed by atoms with Crippen LogP contribution in [-0.4, -0.2) is 0 Å². The van der Waals surface area contributed by atoms with Crippen LogP contribution in [0.3, 0.4) is 0 Å². The van der Waals surface area contributed by atoms with Crippen molar-refractivity contribution in [3.63, 3.8) is 0 Å². The minimum absolute atomic E-state index is 0.784. The lowest BCUT2D eigenvalue weighted by atomic mass is 9.89. The fourth-order valence-electron chi connectivity index (χ4n) is 2.97. The SMILES string of the molecule is c1ccc(-c2ccccc2C2CCCC2)cc1. The first-order valence-electron chi connectivity index (χ1n) is 6.59. The molecule has 1 fully saturated rings. The van der Waals surface area contributed by atoms with Crippen LogP contribution in [-0.2, 0) is 0 Å². The van der Waals surface area contributed by atoms with Gasteiger partial charge in [-0.25, -0.2) is 0 Å². The second-order valence-corrected chi connectivity index (χ2v) is 4.93. The van der Waals surface area contributed by atoms with E-state index in [1.54, 1.807) is 5.56 Å². The van der Waals surface area contributed by atoms with E-state index in [0.717, 1.165) is 5.92 Å². The maximum absolute atomic E-state index is 2.32. The summed E-state index contributed by atoms with van der Waals surface area (Å²) in [6, 6.07) is 19.7. The van der Waals surface area contributed by atoms with E-state index >= 15 is 0 Å². The molecule has 2 aromatic rings. The highest BCUT2D eigenvalue weighted by Gasteiger charge is 2.19. The van der Waals surface area contributed by atoms with Gasteiger partial charge in [-0.3, -0.25) is 0 Å². The van der Waals surface area contributed by atoms with E-state index < -0.39 is 0 Å². The minimum Gasteiger partial charge on any atom is -0.0622 e. The number of rotatable bonds is 2. The molecular weight excluding hydrogens is 204 g/mol. The first kappa shape index (κ1) is 10.6. The molecule has 2 aromatic carbocycles. The zero-order valence-corrected chi connectivity index (χ0v) is 10.1. The van der Waals surface area contributed by atoms with E-state index in [-0.39, 0.29) is 0 Å². The number of benzene rings is 2. The first-order chi connectivity index (χ1) is 8.45. The molecule has 0 N–H and O–H groups in total. The molecule has 0 spiro atoms. The standard InChI is InChI=1S/C17H18/c1-2-8-14(9-3-1)16-12-6-7-13-17(16)15-10-4-5-11-15/h1-3,6-9,12-13,15H,4-5,10-11H2. The molecule has 0 unspecified atom stereocenters. The van der Waals surface area contributed by atoms with E-state index in [0.29, 0.717) is 0 Å². The van der Waals surface area contributed by atoms with Gasteiger partial charge in [0.2, 0.25) is 0 Å². The van der Waals surface area contributed by atoms with Gasteiger partial charge in [0.1, 0.15) is 0 Å². The van der Waals surface area contributed by atoms with Gasteiger partial charge in [0.25, 0.3) is 0 Å². The van der Waals surface area contributed by atoms with E-state index in [1.165, 1.54) is 36.8 Å². The molecule has 17 heavy (non-hydrogen) atoms. The molecule has 1 aliphatic carbocycles. The summed E-state index contributed by atoms with van der Waals surface area (Å²) in [5.74, 6) is 0.784. The van der Waals surface area contributed by atoms with Crippen LogP contribution in [0, 0.1) is 0 Å². The summed E-state index contributed by atoms with van der Waals surface area (Å²) < 4.78 is 0. The van der Waals surface area contributed by atoms with Crippen molar-refractivity contribution in [2.45, 2.75) is 31.6 Å². The van der Waals surface area contributed by atoms with Crippen LogP contribution < -0.4 is 0 Å². The van der Waals surface area contributed by atoms with E-state index in [9.17, 15) is 0 Å². The molecule has 0 radical (unpaired) electrons. The van der Waals surface area contributed by atoms with Crippen molar-refractivity contribution in [2.24, 2.45) is 0 Å². The van der Waals surface area contributed by atoms with Crippen molar-refractivity contribution in [1.82, 2.24) is 0 Å². The van der Waals surface area contributed by atoms with Crippen molar-refractivity contribution in [1.29, 1.82) is 0 Å². The van der Waals surface area contributed by atoms with Crippen LogP contribution in [0.4, 0.5) is 0 Å². The van der Waals surface area contributed by atoms with E-state index in [2.05, 4.69) is 54.6 Å². The smallest absolute Gasteiger partial charge is 0.0149 e. The summed E-state index contributed by atoms with van der Waals surface area (Å²) in [7, 11) is 0. The predicted molar refractivity (Wildman–Crippen MR) is 73.1 cm³/mol. The average Bonchev–Trinajstić information content (AvgIpc) is 2.94. The van der Waals surface area contributed by atoms with E-state index in [1.807, 2.05) is 0 Å². The number of hydrogen-bond donors (Lipinski definition) is 0. The minimum atomic E-state index is 0.784. The first-order valence-corrected chi connectivity index (χ1v) is 6.59. The monoisotopic (exact) mass is 222 g/mol. The zero-order chi connectivity index (χ0) is 11.5. The molecule has 0 aliphatic heterocycles. The van der Waals surface area contributed by atoms with Crippen molar-refractivity contribution in [2.75, 3.05) is 0 Å². The van der Waals surface area contributed by atoms with Crippen molar-refractivity contribution < 1.29 is 0 Å². The largest absolute Gasteiger partial charge is 0.0622 e. The maximum Gasteiger partial charge on any atom is -0.0149 e. The molecule has 3 rings (SSSR count). The Morgan fingerprint density at radius 2 is 1.35 bits per heavy atom. The normalized spacial score (nSPS) is 16.2. The highest BCUT2D eigenvalue weighted by Crippen LogP contribution is 2.38.